The third-order valence-corrected chi connectivity index (χ3v) is 7.11. The Labute approximate surface area is 170 Å². The van der Waals surface area contributed by atoms with E-state index in [4.69, 9.17) is 4.52 Å². The van der Waals surface area contributed by atoms with Gasteiger partial charge in [-0.25, -0.2) is 13.4 Å². The van der Waals surface area contributed by atoms with Crippen LogP contribution in [-0.4, -0.2) is 45.4 Å². The minimum Gasteiger partial charge on any atom is -0.332 e. The molecule has 0 N–H and O–H groups in total. The zero-order valence-corrected chi connectivity index (χ0v) is 17.2. The maximum atomic E-state index is 13.2. The lowest BCUT2D eigenvalue weighted by Crippen LogP contribution is -2.37. The molecular formula is C20H23N5O3S. The smallest absolute Gasteiger partial charge is 0.278 e. The zero-order valence-electron chi connectivity index (χ0n) is 16.4. The maximum Gasteiger partial charge on any atom is 0.278 e. The molecule has 1 aliphatic heterocycles. The van der Waals surface area contributed by atoms with Crippen LogP contribution in [-0.2, 0) is 16.4 Å². The summed E-state index contributed by atoms with van der Waals surface area (Å²) in [4.78, 5) is 12.8. The van der Waals surface area contributed by atoms with Crippen molar-refractivity contribution in [3.05, 3.63) is 54.2 Å². The summed E-state index contributed by atoms with van der Waals surface area (Å²) in [6.45, 7) is 4.66. The molecular weight excluding hydrogens is 390 g/mol. The van der Waals surface area contributed by atoms with Crippen LogP contribution in [0.3, 0.4) is 0 Å². The summed E-state index contributed by atoms with van der Waals surface area (Å²) < 4.78 is 33.2. The number of nitrogens with zero attached hydrogens (tertiary/aromatic N) is 5. The molecule has 3 heterocycles. The van der Waals surface area contributed by atoms with Gasteiger partial charge >= 0.3 is 0 Å². The molecule has 0 radical (unpaired) electrons. The van der Waals surface area contributed by atoms with Crippen LogP contribution in [0.1, 0.15) is 44.0 Å². The Balaban J connectivity index is 1.52. The molecule has 1 saturated heterocycles. The predicted molar refractivity (Wildman–Crippen MR) is 106 cm³/mol. The quantitative estimate of drug-likeness (QED) is 0.612. The van der Waals surface area contributed by atoms with Crippen molar-refractivity contribution in [3.63, 3.8) is 0 Å². The van der Waals surface area contributed by atoms with Crippen molar-refractivity contribution < 1.29 is 12.9 Å². The fourth-order valence-electron chi connectivity index (χ4n) is 3.55. The third kappa shape index (κ3) is 4.06. The van der Waals surface area contributed by atoms with Gasteiger partial charge in [0.15, 0.2) is 5.82 Å². The number of sulfonamides is 1. The van der Waals surface area contributed by atoms with Crippen molar-refractivity contribution in [2.45, 2.75) is 50.0 Å². The average molecular weight is 414 g/mol. The second kappa shape index (κ2) is 8.00. The molecule has 3 aromatic rings. The molecule has 0 saturated carbocycles. The SMILES string of the molecule is CC(C)c1ccc(S(=O)(=O)N2CCCC2Cc2noc(-c3cnccn3)n2)cc1. The van der Waals surface area contributed by atoms with Crippen LogP contribution in [0.2, 0.25) is 0 Å². The highest BCUT2D eigenvalue weighted by molar-refractivity contribution is 7.89. The van der Waals surface area contributed by atoms with Crippen LogP contribution in [0.4, 0.5) is 0 Å². The van der Waals surface area contributed by atoms with E-state index < -0.39 is 10.0 Å². The molecule has 1 aromatic carbocycles. The van der Waals surface area contributed by atoms with Crippen molar-refractivity contribution in [3.8, 4) is 11.6 Å². The molecule has 1 fully saturated rings. The van der Waals surface area contributed by atoms with Crippen molar-refractivity contribution >= 4 is 10.0 Å². The Kier molecular flexibility index (Phi) is 5.42. The first-order chi connectivity index (χ1) is 13.9. The lowest BCUT2D eigenvalue weighted by atomic mass is 10.0. The van der Waals surface area contributed by atoms with E-state index in [9.17, 15) is 8.42 Å². The van der Waals surface area contributed by atoms with Crippen molar-refractivity contribution in [1.82, 2.24) is 24.4 Å². The first kappa shape index (κ1) is 19.7. The van der Waals surface area contributed by atoms with Gasteiger partial charge in [0, 0.05) is 31.4 Å². The molecule has 0 aliphatic carbocycles. The van der Waals surface area contributed by atoms with Crippen molar-refractivity contribution in [2.24, 2.45) is 0 Å². The van der Waals surface area contributed by atoms with E-state index >= 15 is 0 Å². The Bertz CT molecular complexity index is 1070. The van der Waals surface area contributed by atoms with Crippen LogP contribution < -0.4 is 0 Å². The Morgan fingerprint density at radius 3 is 2.69 bits per heavy atom. The van der Waals surface area contributed by atoms with Gasteiger partial charge in [-0.1, -0.05) is 31.1 Å². The highest BCUT2D eigenvalue weighted by Gasteiger charge is 2.36. The molecule has 0 spiro atoms. The highest BCUT2D eigenvalue weighted by Crippen LogP contribution is 2.29. The summed E-state index contributed by atoms with van der Waals surface area (Å²) in [5.41, 5.74) is 1.61. The molecule has 4 rings (SSSR count). The Morgan fingerprint density at radius 1 is 1.21 bits per heavy atom. The molecule has 152 valence electrons. The summed E-state index contributed by atoms with van der Waals surface area (Å²) in [5, 5.41) is 4.00. The standard InChI is InChI=1S/C20H23N5O3S/c1-14(2)15-5-7-17(8-6-15)29(26,27)25-11-3-4-16(25)12-19-23-20(28-24-19)18-13-21-9-10-22-18/h5-10,13-14,16H,3-4,11-12H2,1-2H3. The van der Waals surface area contributed by atoms with Crippen LogP contribution in [0.5, 0.6) is 0 Å². The number of hydrogen-bond acceptors (Lipinski definition) is 7. The molecule has 1 unspecified atom stereocenters. The predicted octanol–water partition coefficient (Wildman–Crippen LogP) is 3.05. The molecule has 0 amide bonds. The van der Waals surface area contributed by atoms with Gasteiger partial charge in [-0.05, 0) is 36.5 Å². The topological polar surface area (TPSA) is 102 Å². The summed E-state index contributed by atoms with van der Waals surface area (Å²) in [6.07, 6.45) is 6.63. The normalized spacial score (nSPS) is 17.8. The van der Waals surface area contributed by atoms with Gasteiger partial charge in [-0.2, -0.15) is 9.29 Å². The van der Waals surface area contributed by atoms with E-state index in [0.29, 0.717) is 35.3 Å². The van der Waals surface area contributed by atoms with E-state index in [2.05, 4.69) is 34.0 Å². The molecule has 29 heavy (non-hydrogen) atoms. The van der Waals surface area contributed by atoms with Gasteiger partial charge in [0.05, 0.1) is 11.1 Å². The van der Waals surface area contributed by atoms with Gasteiger partial charge in [0.2, 0.25) is 10.0 Å². The fraction of sp³-hybridized carbons (Fsp3) is 0.400. The largest absolute Gasteiger partial charge is 0.332 e. The molecule has 0 bridgehead atoms. The van der Waals surface area contributed by atoms with Gasteiger partial charge in [-0.15, -0.1) is 0 Å². The van der Waals surface area contributed by atoms with Gasteiger partial charge < -0.3 is 4.52 Å². The Morgan fingerprint density at radius 2 is 2.00 bits per heavy atom. The summed E-state index contributed by atoms with van der Waals surface area (Å²) in [6, 6.07) is 6.96. The highest BCUT2D eigenvalue weighted by atomic mass is 32.2. The van der Waals surface area contributed by atoms with Gasteiger partial charge in [0.25, 0.3) is 5.89 Å². The van der Waals surface area contributed by atoms with Crippen LogP contribution in [0, 0.1) is 0 Å². The summed E-state index contributed by atoms with van der Waals surface area (Å²) >= 11 is 0. The second-order valence-corrected chi connectivity index (χ2v) is 9.34. The number of rotatable bonds is 6. The first-order valence-electron chi connectivity index (χ1n) is 9.66. The van der Waals surface area contributed by atoms with Crippen LogP contribution in [0.15, 0.2) is 52.3 Å². The number of hydrogen-bond donors (Lipinski definition) is 0. The molecule has 8 nitrogen and oxygen atoms in total. The third-order valence-electron chi connectivity index (χ3n) is 5.15. The lowest BCUT2D eigenvalue weighted by Gasteiger charge is -2.23. The van der Waals surface area contributed by atoms with E-state index in [-0.39, 0.29) is 11.9 Å². The maximum absolute atomic E-state index is 13.2. The number of aromatic nitrogens is 4. The molecule has 9 heteroatoms. The molecule has 1 atom stereocenters. The number of benzene rings is 1. The zero-order chi connectivity index (χ0) is 20.4. The average Bonchev–Trinajstić information content (AvgIpc) is 3.39. The molecule has 1 aliphatic rings. The fourth-order valence-corrected chi connectivity index (χ4v) is 5.24. The Hall–Kier alpha value is -2.65. The minimum atomic E-state index is -3.57. The monoisotopic (exact) mass is 413 g/mol. The second-order valence-electron chi connectivity index (χ2n) is 7.45. The van der Waals surface area contributed by atoms with Gasteiger partial charge in [-0.3, -0.25) is 4.98 Å². The molecule has 2 aromatic heterocycles. The summed E-state index contributed by atoms with van der Waals surface area (Å²) in [5.74, 6) is 1.10. The van der Waals surface area contributed by atoms with Gasteiger partial charge in [0.1, 0.15) is 5.69 Å². The van der Waals surface area contributed by atoms with E-state index in [1.54, 1.807) is 35.0 Å². The van der Waals surface area contributed by atoms with E-state index in [0.717, 1.165) is 18.4 Å². The van der Waals surface area contributed by atoms with Crippen molar-refractivity contribution in [1.29, 1.82) is 0 Å². The van der Waals surface area contributed by atoms with Crippen molar-refractivity contribution in [2.75, 3.05) is 6.54 Å². The minimum absolute atomic E-state index is 0.197. The summed E-state index contributed by atoms with van der Waals surface area (Å²) in [7, 11) is -3.57. The lowest BCUT2D eigenvalue weighted by molar-refractivity contribution is 0.369. The van der Waals surface area contributed by atoms with Crippen LogP contribution in [0.25, 0.3) is 11.6 Å². The van der Waals surface area contributed by atoms with E-state index in [1.807, 2.05) is 12.1 Å². The first-order valence-corrected chi connectivity index (χ1v) is 11.1. The van der Waals surface area contributed by atoms with E-state index in [1.165, 1.54) is 0 Å². The van der Waals surface area contributed by atoms with Crippen LogP contribution >= 0.6 is 0 Å².